The van der Waals surface area contributed by atoms with E-state index in [2.05, 4.69) is 34.1 Å². The fraction of sp³-hybridized carbons (Fsp3) is 0.400. The number of carbonyl (C=O) groups excluding carboxylic acids is 1. The highest BCUT2D eigenvalue weighted by Gasteiger charge is 2.43. The lowest BCUT2D eigenvalue weighted by molar-refractivity contribution is 0.0673. The van der Waals surface area contributed by atoms with Gasteiger partial charge >= 0.3 is 0 Å². The molecule has 0 N–H and O–H groups in total. The summed E-state index contributed by atoms with van der Waals surface area (Å²) in [4.78, 5) is 19.3. The molecule has 0 spiro atoms. The number of hydrogen-bond acceptors (Lipinski definition) is 3. The van der Waals surface area contributed by atoms with Crippen LogP contribution in [0.15, 0.2) is 48.7 Å². The maximum atomic E-state index is 13.4. The minimum Gasteiger partial charge on any atom is -0.293 e. The second kappa shape index (κ2) is 6.44. The molecule has 0 radical (unpaired) electrons. The SMILES string of the molecule is O=C(c1cc(F)ccn1)C1CC2CCC(C1)N2Cc1ccccc1. The van der Waals surface area contributed by atoms with E-state index in [9.17, 15) is 9.18 Å². The maximum Gasteiger partial charge on any atom is 0.184 e. The van der Waals surface area contributed by atoms with Crippen molar-refractivity contribution in [1.29, 1.82) is 0 Å². The van der Waals surface area contributed by atoms with Gasteiger partial charge in [0.15, 0.2) is 5.78 Å². The molecule has 0 aliphatic carbocycles. The molecule has 24 heavy (non-hydrogen) atoms. The number of Topliss-reactive ketones (excluding diaryl/α,β-unsaturated/α-hetero) is 1. The van der Waals surface area contributed by atoms with Crippen LogP contribution in [-0.4, -0.2) is 27.8 Å². The number of hydrogen-bond donors (Lipinski definition) is 0. The molecule has 4 heteroatoms. The second-order valence-corrected chi connectivity index (χ2v) is 6.93. The van der Waals surface area contributed by atoms with Crippen molar-refractivity contribution in [3.05, 3.63) is 65.7 Å². The molecule has 2 saturated heterocycles. The van der Waals surface area contributed by atoms with Crippen LogP contribution < -0.4 is 0 Å². The molecule has 1 aromatic carbocycles. The van der Waals surface area contributed by atoms with Crippen LogP contribution >= 0.6 is 0 Å². The van der Waals surface area contributed by atoms with Crippen LogP contribution in [0, 0.1) is 11.7 Å². The first-order chi connectivity index (χ1) is 11.7. The van der Waals surface area contributed by atoms with E-state index in [0.29, 0.717) is 12.1 Å². The van der Waals surface area contributed by atoms with Gasteiger partial charge in [0.1, 0.15) is 11.5 Å². The molecule has 2 aromatic rings. The Morgan fingerprint density at radius 2 is 1.83 bits per heavy atom. The Kier molecular flexibility index (Phi) is 4.15. The second-order valence-electron chi connectivity index (χ2n) is 6.93. The molecular formula is C20H21FN2O. The van der Waals surface area contributed by atoms with E-state index in [1.54, 1.807) is 0 Å². The van der Waals surface area contributed by atoms with Gasteiger partial charge in [-0.3, -0.25) is 14.7 Å². The van der Waals surface area contributed by atoms with Crippen molar-refractivity contribution in [2.24, 2.45) is 5.92 Å². The topological polar surface area (TPSA) is 33.2 Å². The highest BCUT2D eigenvalue weighted by Crippen LogP contribution is 2.40. The van der Waals surface area contributed by atoms with Crippen LogP contribution in [0.3, 0.4) is 0 Å². The van der Waals surface area contributed by atoms with Gasteiger partial charge in [0.05, 0.1) is 0 Å². The van der Waals surface area contributed by atoms with Crippen molar-refractivity contribution in [3.8, 4) is 0 Å². The normalized spacial score (nSPS) is 26.5. The van der Waals surface area contributed by atoms with E-state index in [4.69, 9.17) is 0 Å². The number of nitrogens with zero attached hydrogens (tertiary/aromatic N) is 2. The monoisotopic (exact) mass is 324 g/mol. The summed E-state index contributed by atoms with van der Waals surface area (Å²) in [5.74, 6) is -0.410. The standard InChI is InChI=1S/C20H21FN2O/c21-16-8-9-22-19(12-16)20(24)15-10-17-6-7-18(11-15)23(17)13-14-4-2-1-3-5-14/h1-5,8-9,12,15,17-18H,6-7,10-11,13H2. The molecular weight excluding hydrogens is 303 g/mol. The number of halogens is 1. The van der Waals surface area contributed by atoms with Gasteiger partial charge in [-0.25, -0.2) is 4.39 Å². The smallest absolute Gasteiger partial charge is 0.184 e. The van der Waals surface area contributed by atoms with Crippen LogP contribution in [-0.2, 0) is 6.54 Å². The van der Waals surface area contributed by atoms with Crippen molar-refractivity contribution >= 4 is 5.78 Å². The van der Waals surface area contributed by atoms with Gasteiger partial charge in [0.25, 0.3) is 0 Å². The summed E-state index contributed by atoms with van der Waals surface area (Å²) in [6.45, 7) is 0.954. The van der Waals surface area contributed by atoms with Crippen LogP contribution in [0.2, 0.25) is 0 Å². The largest absolute Gasteiger partial charge is 0.293 e. The van der Waals surface area contributed by atoms with Crippen molar-refractivity contribution in [2.75, 3.05) is 0 Å². The Morgan fingerprint density at radius 3 is 2.50 bits per heavy atom. The first kappa shape index (κ1) is 15.5. The summed E-state index contributed by atoms with van der Waals surface area (Å²) in [6, 6.07) is 13.9. The quantitative estimate of drug-likeness (QED) is 0.801. The van der Waals surface area contributed by atoms with E-state index in [0.717, 1.165) is 32.2 Å². The number of carbonyl (C=O) groups is 1. The third-order valence-electron chi connectivity index (χ3n) is 5.44. The zero-order valence-corrected chi connectivity index (χ0v) is 13.6. The molecule has 2 atom stereocenters. The first-order valence-corrected chi connectivity index (χ1v) is 8.66. The van der Waals surface area contributed by atoms with Crippen molar-refractivity contribution < 1.29 is 9.18 Å². The van der Waals surface area contributed by atoms with Crippen LogP contribution in [0.25, 0.3) is 0 Å². The molecule has 2 bridgehead atoms. The Hall–Kier alpha value is -2.07. The maximum absolute atomic E-state index is 13.4. The minimum absolute atomic E-state index is 0.00533. The third-order valence-corrected chi connectivity index (χ3v) is 5.44. The number of piperidine rings is 1. The van der Waals surface area contributed by atoms with Gasteiger partial charge in [-0.1, -0.05) is 30.3 Å². The van der Waals surface area contributed by atoms with Gasteiger partial charge < -0.3 is 0 Å². The average molecular weight is 324 g/mol. The fourth-order valence-electron chi connectivity index (χ4n) is 4.29. The van der Waals surface area contributed by atoms with Gasteiger partial charge in [-0.2, -0.15) is 0 Å². The Balaban J connectivity index is 1.47. The molecule has 2 aliphatic rings. The number of aromatic nitrogens is 1. The molecule has 3 heterocycles. The van der Waals surface area contributed by atoms with Crippen molar-refractivity contribution in [1.82, 2.24) is 9.88 Å². The van der Waals surface area contributed by atoms with Gasteiger partial charge in [-0.05, 0) is 37.3 Å². The Bertz CT molecular complexity index is 719. The van der Waals surface area contributed by atoms with Gasteiger partial charge in [-0.15, -0.1) is 0 Å². The fourth-order valence-corrected chi connectivity index (χ4v) is 4.29. The molecule has 2 fully saturated rings. The zero-order chi connectivity index (χ0) is 16.5. The van der Waals surface area contributed by atoms with Gasteiger partial charge in [0.2, 0.25) is 0 Å². The molecule has 0 saturated carbocycles. The Labute approximate surface area is 141 Å². The van der Waals surface area contributed by atoms with Crippen molar-refractivity contribution in [3.63, 3.8) is 0 Å². The predicted molar refractivity (Wildman–Crippen MR) is 90.0 cm³/mol. The van der Waals surface area contributed by atoms with E-state index in [1.807, 2.05) is 6.07 Å². The minimum atomic E-state index is -0.391. The number of ketones is 1. The molecule has 124 valence electrons. The van der Waals surface area contributed by atoms with E-state index >= 15 is 0 Å². The summed E-state index contributed by atoms with van der Waals surface area (Å²) < 4.78 is 13.4. The number of rotatable bonds is 4. The highest BCUT2D eigenvalue weighted by atomic mass is 19.1. The van der Waals surface area contributed by atoms with Crippen LogP contribution in [0.5, 0.6) is 0 Å². The van der Waals surface area contributed by atoms with Crippen molar-refractivity contribution in [2.45, 2.75) is 44.3 Å². The summed E-state index contributed by atoms with van der Waals surface area (Å²) in [6.07, 6.45) is 5.40. The lowest BCUT2D eigenvalue weighted by Gasteiger charge is -2.38. The van der Waals surface area contributed by atoms with Gasteiger partial charge in [0, 0.05) is 36.8 Å². The number of pyridine rings is 1. The lowest BCUT2D eigenvalue weighted by atomic mass is 9.86. The van der Waals surface area contributed by atoms with Crippen LogP contribution in [0.4, 0.5) is 4.39 Å². The molecule has 2 aliphatic heterocycles. The number of benzene rings is 1. The molecule has 4 rings (SSSR count). The Morgan fingerprint density at radius 1 is 1.12 bits per heavy atom. The average Bonchev–Trinajstić information content (AvgIpc) is 2.83. The third kappa shape index (κ3) is 2.98. The summed E-state index contributed by atoms with van der Waals surface area (Å²) >= 11 is 0. The summed E-state index contributed by atoms with van der Waals surface area (Å²) in [5, 5.41) is 0. The summed E-state index contributed by atoms with van der Waals surface area (Å²) in [5.41, 5.74) is 1.60. The molecule has 2 unspecified atom stereocenters. The van der Waals surface area contributed by atoms with E-state index in [1.165, 1.54) is 23.9 Å². The molecule has 0 amide bonds. The first-order valence-electron chi connectivity index (χ1n) is 8.66. The number of fused-ring (bicyclic) bond motifs is 2. The predicted octanol–water partition coefficient (Wildman–Crippen LogP) is 3.85. The molecule has 3 nitrogen and oxygen atoms in total. The van der Waals surface area contributed by atoms with E-state index in [-0.39, 0.29) is 17.4 Å². The zero-order valence-electron chi connectivity index (χ0n) is 13.6. The highest BCUT2D eigenvalue weighted by molar-refractivity contribution is 5.96. The summed E-state index contributed by atoms with van der Waals surface area (Å²) in [7, 11) is 0. The molecule has 1 aromatic heterocycles. The van der Waals surface area contributed by atoms with Crippen LogP contribution in [0.1, 0.15) is 41.7 Å². The van der Waals surface area contributed by atoms with E-state index < -0.39 is 5.82 Å². The lowest BCUT2D eigenvalue weighted by Crippen LogP contribution is -2.44.